The van der Waals surface area contributed by atoms with Gasteiger partial charge in [0.15, 0.2) is 0 Å². The largest absolute Gasteiger partial charge is 0.324 e. The third kappa shape index (κ3) is 3.32. The molecule has 2 N–H and O–H groups in total. The molecule has 1 atom stereocenters. The lowest BCUT2D eigenvalue weighted by atomic mass is 10.1. The lowest BCUT2D eigenvalue weighted by Gasteiger charge is -2.23. The number of fused-ring (bicyclic) bond motifs is 1. The van der Waals surface area contributed by atoms with Crippen LogP contribution < -0.4 is 10.6 Å². The highest BCUT2D eigenvalue weighted by Gasteiger charge is 2.40. The minimum Gasteiger partial charge on any atom is -0.324 e. The summed E-state index contributed by atoms with van der Waals surface area (Å²) >= 11 is 0. The molecular weight excluding hydrogens is 394 g/mol. The summed E-state index contributed by atoms with van der Waals surface area (Å²) in [6, 6.07) is 10.1. The highest BCUT2D eigenvalue weighted by Crippen LogP contribution is 2.29. The maximum absolute atomic E-state index is 13.0. The molecule has 0 spiro atoms. The molecule has 1 saturated heterocycles. The normalized spacial score (nSPS) is 19.1. The Morgan fingerprint density at radius 1 is 1.10 bits per heavy atom. The van der Waals surface area contributed by atoms with Crippen molar-refractivity contribution in [2.75, 3.05) is 11.9 Å². The molecule has 0 unspecified atom stereocenters. The number of aryl methyl sites for hydroxylation is 1. The van der Waals surface area contributed by atoms with Crippen LogP contribution in [0.15, 0.2) is 47.4 Å². The molecule has 0 bridgehead atoms. The van der Waals surface area contributed by atoms with Crippen molar-refractivity contribution < 1.29 is 22.8 Å². The minimum absolute atomic E-state index is 0.0942. The zero-order valence-corrected chi connectivity index (χ0v) is 16.5. The molecule has 2 aromatic rings. The quantitative estimate of drug-likeness (QED) is 0.741. The molecule has 1 fully saturated rings. The van der Waals surface area contributed by atoms with Crippen molar-refractivity contribution in [3.8, 4) is 0 Å². The fraction of sp³-hybridized carbons (Fsp3) is 0.250. The fourth-order valence-corrected chi connectivity index (χ4v) is 5.33. The average molecular weight is 413 g/mol. The van der Waals surface area contributed by atoms with Crippen LogP contribution >= 0.6 is 0 Å². The number of amides is 3. The highest BCUT2D eigenvalue weighted by atomic mass is 32.2. The van der Waals surface area contributed by atoms with E-state index in [-0.39, 0.29) is 28.3 Å². The van der Waals surface area contributed by atoms with Crippen LogP contribution in [0.1, 0.15) is 39.1 Å². The van der Waals surface area contributed by atoms with Crippen molar-refractivity contribution in [1.29, 1.82) is 0 Å². The molecule has 2 aliphatic rings. The standard InChI is InChI=1S/C20H19N3O5S/c1-12-7-9-13(10-8-12)29(27,28)23-11-3-6-16(23)19(25)21-15-5-2-4-14-17(15)20(26)22-18(14)24/h2,4-5,7-10,16H,3,6,11H2,1H3,(H,21,25)(H,22,24,26)/t16-/m1/s1. The molecule has 0 aromatic heterocycles. The smallest absolute Gasteiger partial charge is 0.261 e. The zero-order valence-electron chi connectivity index (χ0n) is 15.6. The molecule has 9 heteroatoms. The van der Waals surface area contributed by atoms with Crippen LogP contribution in [0.25, 0.3) is 0 Å². The Morgan fingerprint density at radius 3 is 2.55 bits per heavy atom. The van der Waals surface area contributed by atoms with Gasteiger partial charge in [-0.3, -0.25) is 19.7 Å². The molecule has 0 radical (unpaired) electrons. The Labute approximate surface area is 168 Å². The number of benzene rings is 2. The monoisotopic (exact) mass is 413 g/mol. The summed E-state index contributed by atoms with van der Waals surface area (Å²) in [7, 11) is -3.83. The topological polar surface area (TPSA) is 113 Å². The van der Waals surface area contributed by atoms with E-state index in [1.54, 1.807) is 18.2 Å². The number of hydrogen-bond donors (Lipinski definition) is 2. The molecule has 150 valence electrons. The first-order valence-corrected chi connectivity index (χ1v) is 10.6. The van der Waals surface area contributed by atoms with E-state index in [4.69, 9.17) is 0 Å². The minimum atomic E-state index is -3.83. The molecule has 3 amide bonds. The average Bonchev–Trinajstić information content (AvgIpc) is 3.28. The van der Waals surface area contributed by atoms with Crippen LogP contribution in [0.3, 0.4) is 0 Å². The lowest BCUT2D eigenvalue weighted by molar-refractivity contribution is -0.119. The van der Waals surface area contributed by atoms with Crippen molar-refractivity contribution in [2.24, 2.45) is 0 Å². The van der Waals surface area contributed by atoms with E-state index >= 15 is 0 Å². The van der Waals surface area contributed by atoms with Gasteiger partial charge in [0.05, 0.1) is 21.7 Å². The second kappa shape index (κ2) is 7.09. The zero-order chi connectivity index (χ0) is 20.8. The molecule has 8 nitrogen and oxygen atoms in total. The Morgan fingerprint density at radius 2 is 1.83 bits per heavy atom. The van der Waals surface area contributed by atoms with Gasteiger partial charge >= 0.3 is 0 Å². The second-order valence-corrected chi connectivity index (χ2v) is 8.98. The van der Waals surface area contributed by atoms with Crippen molar-refractivity contribution in [1.82, 2.24) is 9.62 Å². The maximum atomic E-state index is 13.0. The Kier molecular flexibility index (Phi) is 4.71. The van der Waals surface area contributed by atoms with Crippen molar-refractivity contribution in [3.63, 3.8) is 0 Å². The molecule has 0 saturated carbocycles. The fourth-order valence-electron chi connectivity index (χ4n) is 3.67. The number of hydrogen-bond acceptors (Lipinski definition) is 5. The van der Waals surface area contributed by atoms with Gasteiger partial charge in [-0.2, -0.15) is 4.31 Å². The first-order valence-electron chi connectivity index (χ1n) is 9.17. The van der Waals surface area contributed by atoms with Gasteiger partial charge in [0.2, 0.25) is 15.9 Å². The van der Waals surface area contributed by atoms with E-state index in [2.05, 4.69) is 10.6 Å². The summed E-state index contributed by atoms with van der Waals surface area (Å²) in [6.45, 7) is 2.10. The van der Waals surface area contributed by atoms with Crippen molar-refractivity contribution in [2.45, 2.75) is 30.7 Å². The van der Waals surface area contributed by atoms with Crippen LogP contribution in [-0.4, -0.2) is 43.0 Å². The predicted molar refractivity (Wildman–Crippen MR) is 105 cm³/mol. The molecule has 4 rings (SSSR count). The molecular formula is C20H19N3O5S. The highest BCUT2D eigenvalue weighted by molar-refractivity contribution is 7.89. The van der Waals surface area contributed by atoms with Gasteiger partial charge in [0.25, 0.3) is 11.8 Å². The number of nitrogens with zero attached hydrogens (tertiary/aromatic N) is 1. The summed E-state index contributed by atoms with van der Waals surface area (Å²) in [5.74, 6) is -1.64. The van der Waals surface area contributed by atoms with Crippen LogP contribution in [0.5, 0.6) is 0 Å². The molecule has 2 aromatic carbocycles. The number of nitrogens with one attached hydrogen (secondary N) is 2. The number of sulfonamides is 1. The van der Waals surface area contributed by atoms with E-state index in [0.717, 1.165) is 5.56 Å². The number of carbonyl (C=O) groups excluding carboxylic acids is 3. The second-order valence-electron chi connectivity index (χ2n) is 7.09. The Bertz CT molecular complexity index is 1130. The van der Waals surface area contributed by atoms with E-state index in [1.165, 1.54) is 28.6 Å². The number of imide groups is 1. The van der Waals surface area contributed by atoms with Gasteiger partial charge < -0.3 is 5.32 Å². The first-order chi connectivity index (χ1) is 13.8. The predicted octanol–water partition coefficient (Wildman–Crippen LogP) is 1.67. The van der Waals surface area contributed by atoms with Crippen molar-refractivity contribution in [3.05, 3.63) is 59.2 Å². The Hall–Kier alpha value is -3.04. The van der Waals surface area contributed by atoms with Gasteiger partial charge in [-0.05, 0) is 44.0 Å². The van der Waals surface area contributed by atoms with Crippen LogP contribution in [0.4, 0.5) is 5.69 Å². The summed E-state index contributed by atoms with van der Waals surface area (Å²) in [6.07, 6.45) is 0.923. The van der Waals surface area contributed by atoms with E-state index < -0.39 is 33.8 Å². The lowest BCUT2D eigenvalue weighted by Crippen LogP contribution is -2.43. The molecule has 29 heavy (non-hydrogen) atoms. The van der Waals surface area contributed by atoms with E-state index in [9.17, 15) is 22.8 Å². The van der Waals surface area contributed by atoms with Gasteiger partial charge in [-0.15, -0.1) is 0 Å². The Balaban J connectivity index is 1.61. The third-order valence-corrected chi connectivity index (χ3v) is 7.08. The number of carbonyl (C=O) groups is 3. The van der Waals surface area contributed by atoms with Crippen LogP contribution in [0, 0.1) is 6.92 Å². The van der Waals surface area contributed by atoms with Gasteiger partial charge in [-0.1, -0.05) is 23.8 Å². The number of rotatable bonds is 4. The SMILES string of the molecule is Cc1ccc(S(=O)(=O)N2CCC[C@@H]2C(=O)Nc2cccc3c2C(=O)NC3=O)cc1. The third-order valence-electron chi connectivity index (χ3n) is 5.15. The number of anilines is 1. The van der Waals surface area contributed by atoms with Gasteiger partial charge in [-0.25, -0.2) is 8.42 Å². The molecule has 0 aliphatic carbocycles. The van der Waals surface area contributed by atoms with Crippen LogP contribution in [-0.2, 0) is 14.8 Å². The van der Waals surface area contributed by atoms with Crippen LogP contribution in [0.2, 0.25) is 0 Å². The summed E-state index contributed by atoms with van der Waals surface area (Å²) in [5, 5.41) is 4.83. The summed E-state index contributed by atoms with van der Waals surface area (Å²) in [5.41, 5.74) is 1.40. The van der Waals surface area contributed by atoms with Gasteiger partial charge in [0.1, 0.15) is 6.04 Å². The molecule has 2 heterocycles. The maximum Gasteiger partial charge on any atom is 0.261 e. The molecule has 2 aliphatic heterocycles. The van der Waals surface area contributed by atoms with Gasteiger partial charge in [0, 0.05) is 6.54 Å². The van der Waals surface area contributed by atoms with E-state index in [1.807, 2.05) is 6.92 Å². The van der Waals surface area contributed by atoms with E-state index in [0.29, 0.717) is 12.8 Å². The first kappa shape index (κ1) is 19.3. The van der Waals surface area contributed by atoms with Crippen molar-refractivity contribution >= 4 is 33.4 Å². The summed E-state index contributed by atoms with van der Waals surface area (Å²) < 4.78 is 27.3. The summed E-state index contributed by atoms with van der Waals surface area (Å²) in [4.78, 5) is 36.9.